The van der Waals surface area contributed by atoms with E-state index in [1.165, 1.54) is 0 Å². The minimum Gasteiger partial charge on any atom is -0.396 e. The highest BCUT2D eigenvalue weighted by atomic mass is 16.3. The van der Waals surface area contributed by atoms with Crippen molar-refractivity contribution in [2.45, 2.75) is 13.0 Å². The predicted molar refractivity (Wildman–Crippen MR) is 97.0 cm³/mol. The van der Waals surface area contributed by atoms with Crippen molar-refractivity contribution in [3.8, 4) is 11.3 Å². The van der Waals surface area contributed by atoms with Crippen LogP contribution in [-0.4, -0.2) is 38.2 Å². The number of hydrogen-bond acceptors (Lipinski definition) is 7. The summed E-state index contributed by atoms with van der Waals surface area (Å²) < 4.78 is 0. The molecule has 0 fully saturated rings. The first-order valence-corrected chi connectivity index (χ1v) is 8.13. The van der Waals surface area contributed by atoms with Crippen LogP contribution >= 0.6 is 0 Å². The highest BCUT2D eigenvalue weighted by Gasteiger charge is 2.07. The summed E-state index contributed by atoms with van der Waals surface area (Å²) in [5.74, 6) is 1.23. The SMILES string of the molecule is OCCCNc1nc(NCc2ccccn2)cc(-c2ccncc2)n1. The Morgan fingerprint density at radius 3 is 2.60 bits per heavy atom. The summed E-state index contributed by atoms with van der Waals surface area (Å²) in [6.45, 7) is 1.31. The summed E-state index contributed by atoms with van der Waals surface area (Å²) in [6, 6.07) is 11.5. The molecule has 25 heavy (non-hydrogen) atoms. The summed E-state index contributed by atoms with van der Waals surface area (Å²) in [6.07, 6.45) is 5.87. The largest absolute Gasteiger partial charge is 0.396 e. The zero-order valence-corrected chi connectivity index (χ0v) is 13.8. The molecule has 0 saturated carbocycles. The number of aromatic nitrogens is 4. The lowest BCUT2D eigenvalue weighted by atomic mass is 10.2. The molecule has 128 valence electrons. The van der Waals surface area contributed by atoms with Crippen molar-refractivity contribution in [1.82, 2.24) is 19.9 Å². The van der Waals surface area contributed by atoms with Gasteiger partial charge in [0, 0.05) is 43.4 Å². The molecule has 0 spiro atoms. The fourth-order valence-corrected chi connectivity index (χ4v) is 2.25. The summed E-state index contributed by atoms with van der Waals surface area (Å²) in [5, 5.41) is 15.4. The molecule has 3 rings (SSSR count). The van der Waals surface area contributed by atoms with Gasteiger partial charge in [-0.2, -0.15) is 4.98 Å². The normalized spacial score (nSPS) is 10.4. The second-order valence-corrected chi connectivity index (χ2v) is 5.38. The lowest BCUT2D eigenvalue weighted by Gasteiger charge is -2.11. The van der Waals surface area contributed by atoms with Crippen LogP contribution in [0.2, 0.25) is 0 Å². The van der Waals surface area contributed by atoms with Gasteiger partial charge in [-0.1, -0.05) is 6.07 Å². The van der Waals surface area contributed by atoms with Crippen LogP contribution in [0, 0.1) is 0 Å². The van der Waals surface area contributed by atoms with Gasteiger partial charge in [-0.3, -0.25) is 9.97 Å². The van der Waals surface area contributed by atoms with E-state index in [0.717, 1.165) is 17.0 Å². The molecule has 3 heterocycles. The van der Waals surface area contributed by atoms with Gasteiger partial charge in [0.15, 0.2) is 0 Å². The van der Waals surface area contributed by atoms with Crippen molar-refractivity contribution in [2.75, 3.05) is 23.8 Å². The molecule has 3 aromatic heterocycles. The monoisotopic (exact) mass is 336 g/mol. The number of rotatable bonds is 8. The minimum absolute atomic E-state index is 0.127. The third-order valence-corrected chi connectivity index (χ3v) is 3.50. The van der Waals surface area contributed by atoms with E-state index in [2.05, 4.69) is 30.6 Å². The number of pyridine rings is 2. The number of hydrogen-bond donors (Lipinski definition) is 3. The van der Waals surface area contributed by atoms with Gasteiger partial charge in [0.2, 0.25) is 5.95 Å². The van der Waals surface area contributed by atoms with Crippen LogP contribution in [0.4, 0.5) is 11.8 Å². The van der Waals surface area contributed by atoms with Crippen molar-refractivity contribution in [1.29, 1.82) is 0 Å². The maximum Gasteiger partial charge on any atom is 0.225 e. The first kappa shape index (κ1) is 16.8. The van der Waals surface area contributed by atoms with Crippen molar-refractivity contribution < 1.29 is 5.11 Å². The molecule has 0 aliphatic rings. The van der Waals surface area contributed by atoms with Crippen LogP contribution in [0.3, 0.4) is 0 Å². The topological polar surface area (TPSA) is 95.8 Å². The van der Waals surface area contributed by atoms with E-state index in [1.807, 2.05) is 36.4 Å². The molecule has 0 amide bonds. The van der Waals surface area contributed by atoms with E-state index >= 15 is 0 Å². The fourth-order valence-electron chi connectivity index (χ4n) is 2.25. The molecule has 0 unspecified atom stereocenters. The second kappa shape index (κ2) is 8.70. The number of anilines is 2. The Bertz CT molecular complexity index is 782. The molecule has 0 aliphatic carbocycles. The molecular formula is C18H20N6O. The Morgan fingerprint density at radius 1 is 0.960 bits per heavy atom. The third kappa shape index (κ3) is 4.95. The van der Waals surface area contributed by atoms with Gasteiger partial charge in [-0.25, -0.2) is 4.98 Å². The molecule has 7 heteroatoms. The van der Waals surface area contributed by atoms with Crippen LogP contribution in [0.25, 0.3) is 11.3 Å². The van der Waals surface area contributed by atoms with Gasteiger partial charge in [-0.05, 0) is 30.7 Å². The molecule has 0 saturated heterocycles. The number of aliphatic hydroxyl groups excluding tert-OH is 1. The smallest absolute Gasteiger partial charge is 0.225 e. The Hall–Kier alpha value is -3.06. The molecule has 3 N–H and O–H groups in total. The quantitative estimate of drug-likeness (QED) is 0.543. The van der Waals surface area contributed by atoms with E-state index in [0.29, 0.717) is 31.3 Å². The van der Waals surface area contributed by atoms with Gasteiger partial charge in [0.1, 0.15) is 5.82 Å². The van der Waals surface area contributed by atoms with Crippen molar-refractivity contribution in [2.24, 2.45) is 0 Å². The van der Waals surface area contributed by atoms with Gasteiger partial charge in [0.05, 0.1) is 17.9 Å². The highest BCUT2D eigenvalue weighted by Crippen LogP contribution is 2.21. The van der Waals surface area contributed by atoms with Gasteiger partial charge < -0.3 is 15.7 Å². The standard InChI is InChI=1S/C18H20N6O/c25-11-3-8-21-18-23-16(14-5-9-19-10-6-14)12-17(24-18)22-13-15-4-1-2-7-20-15/h1-2,4-7,9-10,12,25H,3,8,11,13H2,(H2,21,22,23,24). The zero-order chi connectivity index (χ0) is 17.3. The van der Waals surface area contributed by atoms with Crippen molar-refractivity contribution in [3.05, 3.63) is 60.7 Å². The predicted octanol–water partition coefficient (Wildman–Crippen LogP) is 2.34. The summed E-state index contributed by atoms with van der Waals surface area (Å²) >= 11 is 0. The Labute approximate surface area is 146 Å². The molecule has 0 atom stereocenters. The second-order valence-electron chi connectivity index (χ2n) is 5.38. The third-order valence-electron chi connectivity index (χ3n) is 3.50. The number of aliphatic hydroxyl groups is 1. The van der Waals surface area contributed by atoms with Crippen LogP contribution in [-0.2, 0) is 6.54 Å². The molecule has 3 aromatic rings. The van der Waals surface area contributed by atoms with Gasteiger partial charge in [-0.15, -0.1) is 0 Å². The summed E-state index contributed by atoms with van der Waals surface area (Å²) in [7, 11) is 0. The fraction of sp³-hybridized carbons (Fsp3) is 0.222. The molecule has 0 radical (unpaired) electrons. The molecule has 0 bridgehead atoms. The van der Waals surface area contributed by atoms with E-state index in [9.17, 15) is 0 Å². The van der Waals surface area contributed by atoms with Gasteiger partial charge >= 0.3 is 0 Å². The molecule has 0 aliphatic heterocycles. The van der Waals surface area contributed by atoms with Crippen LogP contribution in [0.1, 0.15) is 12.1 Å². The molecular weight excluding hydrogens is 316 g/mol. The van der Waals surface area contributed by atoms with E-state index in [1.54, 1.807) is 18.6 Å². The minimum atomic E-state index is 0.127. The highest BCUT2D eigenvalue weighted by molar-refractivity contribution is 5.63. The Balaban J connectivity index is 1.81. The maximum absolute atomic E-state index is 8.93. The van der Waals surface area contributed by atoms with Crippen LogP contribution < -0.4 is 10.6 Å². The average Bonchev–Trinajstić information content (AvgIpc) is 2.68. The van der Waals surface area contributed by atoms with Crippen molar-refractivity contribution in [3.63, 3.8) is 0 Å². The first-order valence-electron chi connectivity index (χ1n) is 8.13. The Kier molecular flexibility index (Phi) is 5.84. The van der Waals surface area contributed by atoms with Crippen LogP contribution in [0.5, 0.6) is 0 Å². The maximum atomic E-state index is 8.93. The Morgan fingerprint density at radius 2 is 1.84 bits per heavy atom. The first-order chi connectivity index (χ1) is 12.3. The van der Waals surface area contributed by atoms with E-state index in [-0.39, 0.29) is 6.61 Å². The summed E-state index contributed by atoms with van der Waals surface area (Å²) in [5.41, 5.74) is 2.69. The molecule has 0 aromatic carbocycles. The lowest BCUT2D eigenvalue weighted by Crippen LogP contribution is -2.10. The van der Waals surface area contributed by atoms with Crippen molar-refractivity contribution >= 4 is 11.8 Å². The number of nitrogens with one attached hydrogen (secondary N) is 2. The van der Waals surface area contributed by atoms with Crippen LogP contribution in [0.15, 0.2) is 55.0 Å². The number of nitrogens with zero attached hydrogens (tertiary/aromatic N) is 4. The zero-order valence-electron chi connectivity index (χ0n) is 13.8. The summed E-state index contributed by atoms with van der Waals surface area (Å²) in [4.78, 5) is 17.4. The molecule has 7 nitrogen and oxygen atoms in total. The van der Waals surface area contributed by atoms with E-state index in [4.69, 9.17) is 5.11 Å². The average molecular weight is 336 g/mol. The van der Waals surface area contributed by atoms with Gasteiger partial charge in [0.25, 0.3) is 0 Å². The van der Waals surface area contributed by atoms with E-state index < -0.39 is 0 Å². The lowest BCUT2D eigenvalue weighted by molar-refractivity contribution is 0.292.